The van der Waals surface area contributed by atoms with Crippen LogP contribution in [0.15, 0.2) is 54.6 Å². The Hall–Kier alpha value is -1.88. The van der Waals surface area contributed by atoms with Crippen LogP contribution in [0.1, 0.15) is 21.5 Å². The third-order valence-electron chi connectivity index (χ3n) is 3.76. The van der Waals surface area contributed by atoms with Gasteiger partial charge in [0.15, 0.2) is 0 Å². The maximum Gasteiger partial charge on any atom is 0.254 e. The highest BCUT2D eigenvalue weighted by Crippen LogP contribution is 2.11. The van der Waals surface area contributed by atoms with E-state index >= 15 is 0 Å². The second-order valence-corrected chi connectivity index (χ2v) is 5.92. The predicted octanol–water partition coefficient (Wildman–Crippen LogP) is 2.77. The quantitative estimate of drug-likeness (QED) is 0.837. The van der Waals surface area contributed by atoms with Crippen LogP contribution in [-0.4, -0.2) is 42.9 Å². The Labute approximate surface area is 150 Å². The molecule has 0 heterocycles. The maximum atomic E-state index is 12.8. The molecule has 2 aromatic rings. The van der Waals surface area contributed by atoms with Crippen molar-refractivity contribution in [2.24, 2.45) is 5.73 Å². The fraction of sp³-hybridized carbons (Fsp3) is 0.316. The number of carbonyl (C=O) groups excluding carboxylic acids is 1. The SMILES string of the molecule is CN(C)CCN(Cc1ccccc1)C(=O)c1ccc(CN)cc1.Cl. The largest absolute Gasteiger partial charge is 0.333 e. The minimum Gasteiger partial charge on any atom is -0.333 e. The molecule has 4 nitrogen and oxygen atoms in total. The van der Waals surface area contributed by atoms with Gasteiger partial charge in [-0.15, -0.1) is 12.4 Å². The van der Waals surface area contributed by atoms with Crippen molar-refractivity contribution in [2.45, 2.75) is 13.1 Å². The highest BCUT2D eigenvalue weighted by atomic mass is 35.5. The third-order valence-corrected chi connectivity index (χ3v) is 3.76. The summed E-state index contributed by atoms with van der Waals surface area (Å²) in [4.78, 5) is 16.8. The zero-order valence-electron chi connectivity index (χ0n) is 14.3. The lowest BCUT2D eigenvalue weighted by Crippen LogP contribution is -2.36. The first kappa shape index (κ1) is 20.2. The lowest BCUT2D eigenvalue weighted by Gasteiger charge is -2.25. The topological polar surface area (TPSA) is 49.6 Å². The van der Waals surface area contributed by atoms with Gasteiger partial charge in [-0.2, -0.15) is 0 Å². The van der Waals surface area contributed by atoms with E-state index in [0.29, 0.717) is 25.2 Å². The predicted molar refractivity (Wildman–Crippen MR) is 101 cm³/mol. The van der Waals surface area contributed by atoms with Crippen molar-refractivity contribution in [3.8, 4) is 0 Å². The van der Waals surface area contributed by atoms with Crippen LogP contribution in [0.5, 0.6) is 0 Å². The van der Waals surface area contributed by atoms with E-state index < -0.39 is 0 Å². The van der Waals surface area contributed by atoms with Crippen molar-refractivity contribution in [3.05, 3.63) is 71.3 Å². The van der Waals surface area contributed by atoms with E-state index in [9.17, 15) is 4.79 Å². The molecule has 0 bridgehead atoms. The molecule has 2 aromatic carbocycles. The molecular formula is C19H26ClN3O. The Morgan fingerprint density at radius 1 is 0.917 bits per heavy atom. The van der Waals surface area contributed by atoms with E-state index in [0.717, 1.165) is 17.7 Å². The number of halogens is 1. The van der Waals surface area contributed by atoms with E-state index in [1.54, 1.807) is 0 Å². The number of hydrogen-bond donors (Lipinski definition) is 1. The number of benzene rings is 2. The molecule has 0 radical (unpaired) electrons. The van der Waals surface area contributed by atoms with Crippen LogP contribution < -0.4 is 5.73 Å². The smallest absolute Gasteiger partial charge is 0.254 e. The van der Waals surface area contributed by atoms with E-state index in [1.165, 1.54) is 0 Å². The summed E-state index contributed by atoms with van der Waals surface area (Å²) in [6.45, 7) is 2.63. The van der Waals surface area contributed by atoms with Gasteiger partial charge in [-0.05, 0) is 37.4 Å². The lowest BCUT2D eigenvalue weighted by atomic mass is 10.1. The van der Waals surface area contributed by atoms with Gasteiger partial charge in [0.05, 0.1) is 0 Å². The van der Waals surface area contributed by atoms with Gasteiger partial charge >= 0.3 is 0 Å². The first-order valence-electron chi connectivity index (χ1n) is 7.87. The summed E-state index contributed by atoms with van der Waals surface area (Å²) in [5.74, 6) is 0.0549. The Bertz CT molecular complexity index is 614. The van der Waals surface area contributed by atoms with Crippen molar-refractivity contribution < 1.29 is 4.79 Å². The zero-order valence-corrected chi connectivity index (χ0v) is 15.1. The summed E-state index contributed by atoms with van der Waals surface area (Å²) in [6, 6.07) is 17.6. The first-order valence-corrected chi connectivity index (χ1v) is 7.87. The minimum absolute atomic E-state index is 0. The standard InChI is InChI=1S/C19H25N3O.ClH/c1-21(2)12-13-22(15-17-6-4-3-5-7-17)19(23)18-10-8-16(14-20)9-11-18;/h3-11H,12-15,20H2,1-2H3;1H. The van der Waals surface area contributed by atoms with Crippen molar-refractivity contribution in [1.82, 2.24) is 9.80 Å². The molecule has 0 aliphatic carbocycles. The average molecular weight is 348 g/mol. The van der Waals surface area contributed by atoms with Crippen LogP contribution in [0, 0.1) is 0 Å². The monoisotopic (exact) mass is 347 g/mol. The van der Waals surface area contributed by atoms with E-state index in [1.807, 2.05) is 73.6 Å². The molecule has 0 aliphatic rings. The van der Waals surface area contributed by atoms with Crippen LogP contribution in [0.4, 0.5) is 0 Å². The molecule has 2 N–H and O–H groups in total. The molecule has 1 amide bonds. The number of amides is 1. The molecule has 0 fully saturated rings. The highest BCUT2D eigenvalue weighted by Gasteiger charge is 2.16. The van der Waals surface area contributed by atoms with E-state index in [4.69, 9.17) is 5.73 Å². The Balaban J connectivity index is 0.00000288. The van der Waals surface area contributed by atoms with E-state index in [2.05, 4.69) is 4.90 Å². The molecule has 2 rings (SSSR count). The molecule has 0 aromatic heterocycles. The normalized spacial score (nSPS) is 10.3. The lowest BCUT2D eigenvalue weighted by molar-refractivity contribution is 0.0732. The summed E-state index contributed by atoms with van der Waals surface area (Å²) in [6.07, 6.45) is 0. The van der Waals surface area contributed by atoms with Crippen molar-refractivity contribution in [2.75, 3.05) is 27.2 Å². The Kier molecular flexibility index (Phi) is 8.47. The highest BCUT2D eigenvalue weighted by molar-refractivity contribution is 5.94. The van der Waals surface area contributed by atoms with Gasteiger partial charge in [0.25, 0.3) is 5.91 Å². The molecule has 0 aliphatic heterocycles. The van der Waals surface area contributed by atoms with Crippen molar-refractivity contribution in [3.63, 3.8) is 0 Å². The fourth-order valence-electron chi connectivity index (χ4n) is 2.34. The minimum atomic E-state index is 0. The average Bonchev–Trinajstić information content (AvgIpc) is 2.59. The molecule has 24 heavy (non-hydrogen) atoms. The Morgan fingerprint density at radius 2 is 1.54 bits per heavy atom. The van der Waals surface area contributed by atoms with Crippen LogP contribution in [0.3, 0.4) is 0 Å². The molecule has 0 saturated heterocycles. The summed E-state index contributed by atoms with van der Waals surface area (Å²) in [7, 11) is 4.03. The maximum absolute atomic E-state index is 12.8. The van der Waals surface area contributed by atoms with Gasteiger partial charge in [0, 0.05) is 31.7 Å². The van der Waals surface area contributed by atoms with Crippen LogP contribution in [-0.2, 0) is 13.1 Å². The van der Waals surface area contributed by atoms with Gasteiger partial charge in [0.1, 0.15) is 0 Å². The third kappa shape index (κ3) is 5.96. The first-order chi connectivity index (χ1) is 11.1. The van der Waals surface area contributed by atoms with Gasteiger partial charge in [-0.3, -0.25) is 4.79 Å². The number of nitrogens with zero attached hydrogens (tertiary/aromatic N) is 2. The summed E-state index contributed by atoms with van der Waals surface area (Å²) >= 11 is 0. The second kappa shape index (κ2) is 10.1. The molecule has 0 spiro atoms. The molecule has 0 atom stereocenters. The number of likely N-dealkylation sites (N-methyl/N-ethyl adjacent to an activating group) is 1. The van der Waals surface area contributed by atoms with Crippen molar-refractivity contribution >= 4 is 18.3 Å². The van der Waals surface area contributed by atoms with Crippen LogP contribution >= 0.6 is 12.4 Å². The number of hydrogen-bond acceptors (Lipinski definition) is 3. The van der Waals surface area contributed by atoms with E-state index in [-0.39, 0.29) is 18.3 Å². The summed E-state index contributed by atoms with van der Waals surface area (Å²) < 4.78 is 0. The number of rotatable bonds is 7. The van der Waals surface area contributed by atoms with Crippen LogP contribution in [0.2, 0.25) is 0 Å². The fourth-order valence-corrected chi connectivity index (χ4v) is 2.34. The molecule has 0 unspecified atom stereocenters. The van der Waals surface area contributed by atoms with Gasteiger partial charge in [0.2, 0.25) is 0 Å². The Morgan fingerprint density at radius 3 is 2.08 bits per heavy atom. The molecular weight excluding hydrogens is 322 g/mol. The summed E-state index contributed by atoms with van der Waals surface area (Å²) in [5.41, 5.74) is 8.49. The second-order valence-electron chi connectivity index (χ2n) is 5.92. The van der Waals surface area contributed by atoms with Gasteiger partial charge in [-0.25, -0.2) is 0 Å². The molecule has 5 heteroatoms. The number of nitrogens with two attached hydrogens (primary N) is 1. The van der Waals surface area contributed by atoms with Crippen molar-refractivity contribution in [1.29, 1.82) is 0 Å². The molecule has 130 valence electrons. The van der Waals surface area contributed by atoms with Crippen LogP contribution in [0.25, 0.3) is 0 Å². The molecule has 0 saturated carbocycles. The summed E-state index contributed by atoms with van der Waals surface area (Å²) in [5, 5.41) is 0. The van der Waals surface area contributed by atoms with Gasteiger partial charge < -0.3 is 15.5 Å². The van der Waals surface area contributed by atoms with Gasteiger partial charge in [-0.1, -0.05) is 42.5 Å². The zero-order chi connectivity index (χ0) is 16.7. The number of carbonyl (C=O) groups is 1.